The number of carbonyl (C=O) groups excluding carboxylic acids is 1. The molecule has 2 aromatic carbocycles. The highest BCUT2D eigenvalue weighted by atomic mass is 16.5. The summed E-state index contributed by atoms with van der Waals surface area (Å²) in [5.74, 6) is 1.43. The van der Waals surface area contributed by atoms with Crippen molar-refractivity contribution in [3.63, 3.8) is 0 Å². The van der Waals surface area contributed by atoms with E-state index >= 15 is 0 Å². The van der Waals surface area contributed by atoms with Crippen LogP contribution in [0.25, 0.3) is 6.08 Å². The van der Waals surface area contributed by atoms with Crippen LogP contribution in [0.15, 0.2) is 48.1 Å². The Morgan fingerprint density at radius 1 is 1.00 bits per heavy atom. The number of ether oxygens (including phenoxy) is 3. The normalized spacial score (nSPS) is 10.6. The molecule has 0 radical (unpaired) electrons. The van der Waals surface area contributed by atoms with Gasteiger partial charge in [-0.25, -0.2) is 0 Å². The minimum atomic E-state index is -0.309. The van der Waals surface area contributed by atoms with Gasteiger partial charge in [-0.1, -0.05) is 11.6 Å². The zero-order chi connectivity index (χ0) is 20.7. The topological polar surface area (TPSA) is 65.0 Å². The van der Waals surface area contributed by atoms with Gasteiger partial charge in [0.2, 0.25) is 0 Å². The lowest BCUT2D eigenvalue weighted by atomic mass is 10.00. The average molecular weight is 382 g/mol. The summed E-state index contributed by atoms with van der Waals surface area (Å²) >= 11 is 0. The van der Waals surface area contributed by atoms with Gasteiger partial charge in [-0.15, -0.1) is 0 Å². The van der Waals surface area contributed by atoms with Gasteiger partial charge < -0.3 is 19.3 Å². The second-order valence-electron chi connectivity index (χ2n) is 6.43. The molecule has 0 unspecified atom stereocenters. The molecule has 0 saturated heterocycles. The van der Waals surface area contributed by atoms with Crippen LogP contribution in [0, 0.1) is 0 Å². The maximum absolute atomic E-state index is 12.7. The molecule has 0 aliphatic carbocycles. The van der Waals surface area contributed by atoms with E-state index in [4.69, 9.17) is 14.2 Å². The fourth-order valence-corrected chi connectivity index (χ4v) is 2.72. The molecule has 5 nitrogen and oxygen atoms in total. The molecule has 0 heterocycles. The number of aromatic hydroxyl groups is 1. The molecule has 0 spiro atoms. The molecule has 0 aromatic heterocycles. The monoisotopic (exact) mass is 382 g/mol. The summed E-state index contributed by atoms with van der Waals surface area (Å²) in [4.78, 5) is 12.7. The first kappa shape index (κ1) is 21.1. The third-order valence-corrected chi connectivity index (χ3v) is 4.29. The zero-order valence-corrected chi connectivity index (χ0v) is 16.9. The van der Waals surface area contributed by atoms with Gasteiger partial charge >= 0.3 is 0 Å². The number of ketones is 1. The summed E-state index contributed by atoms with van der Waals surface area (Å²) in [6, 6.07) is 8.60. The van der Waals surface area contributed by atoms with Crippen LogP contribution in [0.2, 0.25) is 0 Å². The Morgan fingerprint density at radius 2 is 1.71 bits per heavy atom. The average Bonchev–Trinajstić information content (AvgIpc) is 2.70. The number of benzene rings is 2. The minimum Gasteiger partial charge on any atom is -0.507 e. The number of carbonyl (C=O) groups is 1. The van der Waals surface area contributed by atoms with Gasteiger partial charge in [0.1, 0.15) is 23.0 Å². The molecule has 0 bridgehead atoms. The maximum Gasteiger partial charge on any atom is 0.189 e. The minimum absolute atomic E-state index is 0.0619. The molecule has 2 rings (SSSR count). The number of phenols is 1. The summed E-state index contributed by atoms with van der Waals surface area (Å²) in [5.41, 5.74) is 2.66. The van der Waals surface area contributed by atoms with Crippen molar-refractivity contribution in [3.05, 3.63) is 64.7 Å². The quantitative estimate of drug-likeness (QED) is 0.403. The number of allylic oxidation sites excluding steroid dienone is 3. The van der Waals surface area contributed by atoms with Crippen LogP contribution >= 0.6 is 0 Å². The van der Waals surface area contributed by atoms with E-state index < -0.39 is 0 Å². The van der Waals surface area contributed by atoms with Gasteiger partial charge in [0.15, 0.2) is 5.78 Å². The molecule has 0 amide bonds. The van der Waals surface area contributed by atoms with Crippen molar-refractivity contribution in [2.24, 2.45) is 0 Å². The summed E-state index contributed by atoms with van der Waals surface area (Å²) in [5, 5.41) is 10.6. The van der Waals surface area contributed by atoms with E-state index in [9.17, 15) is 9.90 Å². The third kappa shape index (κ3) is 4.94. The smallest absolute Gasteiger partial charge is 0.189 e. The Hall–Kier alpha value is -3.21. The van der Waals surface area contributed by atoms with Crippen LogP contribution in [-0.4, -0.2) is 32.2 Å². The Balaban J connectivity index is 2.35. The van der Waals surface area contributed by atoms with Crippen LogP contribution in [-0.2, 0) is 6.42 Å². The Labute approximate surface area is 165 Å². The molecule has 0 aliphatic rings. The molecule has 28 heavy (non-hydrogen) atoms. The Morgan fingerprint density at radius 3 is 2.32 bits per heavy atom. The molecular formula is C23H26O5. The predicted molar refractivity (Wildman–Crippen MR) is 111 cm³/mol. The highest BCUT2D eigenvalue weighted by Crippen LogP contribution is 2.33. The predicted octanol–water partition coefficient (Wildman–Crippen LogP) is 4.82. The van der Waals surface area contributed by atoms with Gasteiger partial charge in [0.25, 0.3) is 0 Å². The van der Waals surface area contributed by atoms with Crippen LogP contribution < -0.4 is 14.2 Å². The van der Waals surface area contributed by atoms with E-state index in [-0.39, 0.29) is 17.1 Å². The van der Waals surface area contributed by atoms with Crippen LogP contribution in [0.3, 0.4) is 0 Å². The number of hydrogen-bond donors (Lipinski definition) is 1. The SMILES string of the molecule is COc1ccc(C=CC(=O)c2ccc(OC)c(CC=C(C)C)c2O)c(OC)c1. The summed E-state index contributed by atoms with van der Waals surface area (Å²) in [6.45, 7) is 3.95. The molecular weight excluding hydrogens is 356 g/mol. The van der Waals surface area contributed by atoms with Crippen molar-refractivity contribution in [1.82, 2.24) is 0 Å². The number of methoxy groups -OCH3 is 3. The number of hydrogen-bond acceptors (Lipinski definition) is 5. The molecule has 0 fully saturated rings. The number of rotatable bonds is 8. The second kappa shape index (κ2) is 9.65. The molecule has 2 aromatic rings. The van der Waals surface area contributed by atoms with Gasteiger partial charge in [0.05, 0.1) is 26.9 Å². The van der Waals surface area contributed by atoms with E-state index in [1.54, 1.807) is 50.6 Å². The van der Waals surface area contributed by atoms with E-state index in [0.29, 0.717) is 29.2 Å². The van der Waals surface area contributed by atoms with Gasteiger partial charge in [-0.2, -0.15) is 0 Å². The molecule has 0 aliphatic heterocycles. The van der Waals surface area contributed by atoms with Gasteiger partial charge in [0, 0.05) is 17.2 Å². The molecule has 0 saturated carbocycles. The van der Waals surface area contributed by atoms with Crippen molar-refractivity contribution in [3.8, 4) is 23.0 Å². The Kier molecular flexibility index (Phi) is 7.27. The first-order chi connectivity index (χ1) is 13.4. The highest BCUT2D eigenvalue weighted by Gasteiger charge is 2.16. The molecule has 5 heteroatoms. The van der Waals surface area contributed by atoms with Crippen LogP contribution in [0.1, 0.15) is 35.3 Å². The Bertz CT molecular complexity index is 905. The molecule has 1 N–H and O–H groups in total. The van der Waals surface area contributed by atoms with Crippen molar-refractivity contribution in [2.75, 3.05) is 21.3 Å². The highest BCUT2D eigenvalue weighted by molar-refractivity contribution is 6.09. The fourth-order valence-electron chi connectivity index (χ4n) is 2.72. The van der Waals surface area contributed by atoms with Gasteiger partial charge in [-0.3, -0.25) is 4.79 Å². The van der Waals surface area contributed by atoms with Crippen LogP contribution in [0.4, 0.5) is 0 Å². The fraction of sp³-hybridized carbons (Fsp3) is 0.261. The largest absolute Gasteiger partial charge is 0.507 e. The van der Waals surface area contributed by atoms with E-state index in [1.165, 1.54) is 13.2 Å². The second-order valence-corrected chi connectivity index (χ2v) is 6.43. The first-order valence-electron chi connectivity index (χ1n) is 8.87. The van der Waals surface area contributed by atoms with E-state index in [0.717, 1.165) is 11.1 Å². The lowest BCUT2D eigenvalue weighted by molar-refractivity contribution is 0.104. The maximum atomic E-state index is 12.7. The summed E-state index contributed by atoms with van der Waals surface area (Å²) < 4.78 is 15.8. The van der Waals surface area contributed by atoms with Crippen LogP contribution in [0.5, 0.6) is 23.0 Å². The molecule has 0 atom stereocenters. The van der Waals surface area contributed by atoms with Crippen molar-refractivity contribution >= 4 is 11.9 Å². The van der Waals surface area contributed by atoms with Crippen molar-refractivity contribution in [1.29, 1.82) is 0 Å². The molecule has 148 valence electrons. The number of phenolic OH excluding ortho intramolecular Hbond substituents is 1. The first-order valence-corrected chi connectivity index (χ1v) is 8.87. The lowest BCUT2D eigenvalue weighted by Gasteiger charge is -2.12. The standard InChI is InChI=1S/C23H26O5/c1-15(2)6-10-19-21(27-4)13-11-18(23(19)25)20(24)12-8-16-7-9-17(26-3)14-22(16)28-5/h6-9,11-14,25H,10H2,1-5H3. The summed E-state index contributed by atoms with van der Waals surface area (Å²) in [7, 11) is 4.67. The lowest BCUT2D eigenvalue weighted by Crippen LogP contribution is -2.00. The van der Waals surface area contributed by atoms with Crippen molar-refractivity contribution < 1.29 is 24.1 Å². The van der Waals surface area contributed by atoms with E-state index in [2.05, 4.69) is 0 Å². The van der Waals surface area contributed by atoms with E-state index in [1.807, 2.05) is 19.9 Å². The van der Waals surface area contributed by atoms with Crippen molar-refractivity contribution in [2.45, 2.75) is 20.3 Å². The third-order valence-electron chi connectivity index (χ3n) is 4.29. The zero-order valence-electron chi connectivity index (χ0n) is 16.9. The van der Waals surface area contributed by atoms with Gasteiger partial charge in [-0.05, 0) is 56.7 Å². The summed E-state index contributed by atoms with van der Waals surface area (Å²) in [6.07, 6.45) is 5.52.